The van der Waals surface area contributed by atoms with Gasteiger partial charge in [0, 0.05) is 0 Å². The van der Waals surface area contributed by atoms with Crippen molar-refractivity contribution in [1.82, 2.24) is 4.57 Å². The fraction of sp³-hybridized carbons (Fsp3) is 0.208. The minimum Gasteiger partial charge on any atom is -0.465 e. The lowest BCUT2D eigenvalue weighted by molar-refractivity contribution is -0.575. The fourth-order valence-corrected chi connectivity index (χ4v) is 4.10. The molecule has 1 aliphatic heterocycles. The van der Waals surface area contributed by atoms with E-state index in [1.54, 1.807) is 0 Å². The first-order chi connectivity index (χ1) is 13.1. The highest BCUT2D eigenvalue weighted by Gasteiger charge is 2.26. The van der Waals surface area contributed by atoms with Gasteiger partial charge in [-0.1, -0.05) is 56.3 Å². The zero-order chi connectivity index (χ0) is 18.7. The Hall–Kier alpha value is -3.07. The molecule has 0 atom stereocenters. The first-order valence-electron chi connectivity index (χ1n) is 9.43. The van der Waals surface area contributed by atoms with Gasteiger partial charge in [-0.05, 0) is 48.6 Å². The summed E-state index contributed by atoms with van der Waals surface area (Å²) in [6, 6.07) is 19.0. The number of imidazole rings is 1. The first kappa shape index (κ1) is 16.1. The van der Waals surface area contributed by atoms with Gasteiger partial charge in [0.15, 0.2) is 0 Å². The third-order valence-corrected chi connectivity index (χ3v) is 5.40. The van der Waals surface area contributed by atoms with E-state index in [0.717, 1.165) is 28.2 Å². The minimum absolute atomic E-state index is 0.391. The summed E-state index contributed by atoms with van der Waals surface area (Å²) >= 11 is 0. The van der Waals surface area contributed by atoms with Crippen LogP contribution >= 0.6 is 0 Å². The molecule has 3 nitrogen and oxygen atoms in total. The molecule has 0 saturated heterocycles. The summed E-state index contributed by atoms with van der Waals surface area (Å²) in [7, 11) is 0. The van der Waals surface area contributed by atoms with Gasteiger partial charge in [0.25, 0.3) is 6.33 Å². The van der Waals surface area contributed by atoms with Gasteiger partial charge in [-0.2, -0.15) is 0 Å². The zero-order valence-electron chi connectivity index (χ0n) is 16.1. The molecule has 27 heavy (non-hydrogen) atoms. The van der Waals surface area contributed by atoms with Gasteiger partial charge in [0.05, 0.1) is 11.2 Å². The molecule has 4 aromatic rings. The Kier molecular flexibility index (Phi) is 3.41. The van der Waals surface area contributed by atoms with Gasteiger partial charge in [0.1, 0.15) is 22.7 Å². The Morgan fingerprint density at radius 2 is 1.63 bits per heavy atom. The van der Waals surface area contributed by atoms with Crippen molar-refractivity contribution < 1.29 is 9.30 Å². The maximum Gasteiger partial charge on any atom is 0.270 e. The minimum atomic E-state index is 0.391. The van der Waals surface area contributed by atoms with Crippen LogP contribution in [0.5, 0.6) is 11.5 Å². The maximum atomic E-state index is 6.40. The van der Waals surface area contributed by atoms with Gasteiger partial charge in [-0.3, -0.25) is 9.13 Å². The third kappa shape index (κ3) is 2.24. The Balaban J connectivity index is 1.87. The Bertz CT molecular complexity index is 1180. The van der Waals surface area contributed by atoms with Crippen molar-refractivity contribution in [3.63, 3.8) is 0 Å². The number of para-hydroxylation sites is 3. The molecule has 0 radical (unpaired) electrons. The summed E-state index contributed by atoms with van der Waals surface area (Å²) in [6.07, 6.45) is 3.61. The molecule has 3 aromatic carbocycles. The molecule has 0 aliphatic carbocycles. The molecule has 0 bridgehead atoms. The largest absolute Gasteiger partial charge is 0.465 e. The van der Waals surface area contributed by atoms with Crippen LogP contribution in [0.15, 0.2) is 54.6 Å². The van der Waals surface area contributed by atoms with Gasteiger partial charge < -0.3 is 4.74 Å². The van der Waals surface area contributed by atoms with Crippen molar-refractivity contribution >= 4 is 11.0 Å². The number of hydrogen-bond acceptors (Lipinski definition) is 1. The highest BCUT2D eigenvalue weighted by atomic mass is 16.5. The third-order valence-electron chi connectivity index (χ3n) is 5.40. The van der Waals surface area contributed by atoms with Crippen molar-refractivity contribution in [3.8, 4) is 22.9 Å². The molecular formula is C24H22N2O. The van der Waals surface area contributed by atoms with Crippen LogP contribution in [0.1, 0.15) is 36.5 Å². The lowest BCUT2D eigenvalue weighted by Crippen LogP contribution is -2.33. The van der Waals surface area contributed by atoms with Crippen molar-refractivity contribution in [3.05, 3.63) is 77.6 Å². The van der Waals surface area contributed by atoms with E-state index in [4.69, 9.17) is 4.74 Å². The second-order valence-electron chi connectivity index (χ2n) is 7.59. The van der Waals surface area contributed by atoms with Crippen LogP contribution in [0.4, 0.5) is 0 Å². The van der Waals surface area contributed by atoms with E-state index in [1.165, 1.54) is 22.4 Å². The SMILES string of the molecule is Cc1cccc(C)c1-n1[c-][n+]2c3c(cccc31)Oc1c(C(C)C)cccc1-2. The number of fused-ring (bicyclic) bond motifs is 2. The number of nitrogens with zero attached hydrogens (tertiary/aromatic N) is 2. The van der Waals surface area contributed by atoms with E-state index in [1.807, 2.05) is 6.07 Å². The van der Waals surface area contributed by atoms with Gasteiger partial charge in [-0.25, -0.2) is 0 Å². The Morgan fingerprint density at radius 1 is 0.926 bits per heavy atom. The van der Waals surface area contributed by atoms with Crippen molar-refractivity contribution in [2.75, 3.05) is 0 Å². The number of rotatable bonds is 2. The van der Waals surface area contributed by atoms with Crippen molar-refractivity contribution in [2.24, 2.45) is 0 Å². The number of aryl methyl sites for hydroxylation is 2. The molecule has 1 aromatic heterocycles. The second-order valence-corrected chi connectivity index (χ2v) is 7.59. The second kappa shape index (κ2) is 5.71. The summed E-state index contributed by atoms with van der Waals surface area (Å²) in [5.74, 6) is 2.21. The van der Waals surface area contributed by atoms with E-state index in [-0.39, 0.29) is 0 Å². The molecule has 0 unspecified atom stereocenters. The van der Waals surface area contributed by atoms with Crippen LogP contribution < -0.4 is 9.30 Å². The standard InChI is InChI=1S/C24H22N2O/c1-15(2)18-10-6-12-20-24(18)27-21-13-7-11-19-23(21)26(20)14-25(19)22-16(3)8-5-9-17(22)4/h5-13,15H,1-4H3. The smallest absolute Gasteiger partial charge is 0.270 e. The predicted octanol–water partition coefficient (Wildman–Crippen LogP) is 5.55. The Labute approximate surface area is 159 Å². The number of ether oxygens (including phenoxy) is 1. The van der Waals surface area contributed by atoms with E-state index in [9.17, 15) is 0 Å². The monoisotopic (exact) mass is 354 g/mol. The van der Waals surface area contributed by atoms with Crippen LogP contribution in [-0.4, -0.2) is 4.57 Å². The van der Waals surface area contributed by atoms with Crippen LogP contribution in [0, 0.1) is 20.2 Å². The topological polar surface area (TPSA) is 18.0 Å². The lowest BCUT2D eigenvalue weighted by Gasteiger charge is -2.23. The first-order valence-corrected chi connectivity index (χ1v) is 9.43. The van der Waals surface area contributed by atoms with E-state index in [0.29, 0.717) is 5.92 Å². The molecular weight excluding hydrogens is 332 g/mol. The average Bonchev–Trinajstić information content (AvgIpc) is 3.02. The zero-order valence-corrected chi connectivity index (χ0v) is 16.1. The predicted molar refractivity (Wildman–Crippen MR) is 107 cm³/mol. The van der Waals surface area contributed by atoms with Crippen molar-refractivity contribution in [1.29, 1.82) is 0 Å². The summed E-state index contributed by atoms with van der Waals surface area (Å²) in [5, 5.41) is 0. The van der Waals surface area contributed by atoms with Gasteiger partial charge in [-0.15, -0.1) is 0 Å². The molecule has 5 rings (SSSR count). The molecule has 0 N–H and O–H groups in total. The van der Waals surface area contributed by atoms with Crippen molar-refractivity contribution in [2.45, 2.75) is 33.6 Å². The van der Waals surface area contributed by atoms with Crippen LogP contribution in [0.2, 0.25) is 0 Å². The molecule has 1 aliphatic rings. The van der Waals surface area contributed by atoms with E-state index >= 15 is 0 Å². The van der Waals surface area contributed by atoms with E-state index in [2.05, 4.69) is 91.7 Å². The number of aromatic nitrogens is 2. The summed E-state index contributed by atoms with van der Waals surface area (Å²) < 4.78 is 10.7. The van der Waals surface area contributed by atoms with Gasteiger partial charge >= 0.3 is 0 Å². The summed E-state index contributed by atoms with van der Waals surface area (Å²) in [5.41, 5.74) is 8.08. The normalized spacial score (nSPS) is 12.3. The number of hydrogen-bond donors (Lipinski definition) is 0. The molecule has 0 saturated carbocycles. The lowest BCUT2D eigenvalue weighted by atomic mass is 10.0. The van der Waals surface area contributed by atoms with E-state index < -0.39 is 0 Å². The summed E-state index contributed by atoms with van der Waals surface area (Å²) in [6.45, 7) is 8.70. The average molecular weight is 354 g/mol. The highest BCUT2D eigenvalue weighted by Crippen LogP contribution is 2.41. The van der Waals surface area contributed by atoms with Crippen LogP contribution in [0.3, 0.4) is 0 Å². The maximum absolute atomic E-state index is 6.40. The molecule has 0 amide bonds. The molecule has 134 valence electrons. The molecule has 3 heteroatoms. The highest BCUT2D eigenvalue weighted by molar-refractivity contribution is 5.83. The van der Waals surface area contributed by atoms with Crippen LogP contribution in [0.25, 0.3) is 22.4 Å². The molecule has 2 heterocycles. The Morgan fingerprint density at radius 3 is 2.37 bits per heavy atom. The fourth-order valence-electron chi connectivity index (χ4n) is 4.10. The molecule has 0 spiro atoms. The van der Waals surface area contributed by atoms with Gasteiger partial charge in [0.2, 0.25) is 0 Å². The van der Waals surface area contributed by atoms with Crippen LogP contribution in [-0.2, 0) is 0 Å². The molecule has 0 fully saturated rings. The number of benzene rings is 3. The summed E-state index contributed by atoms with van der Waals surface area (Å²) in [4.78, 5) is 0. The quantitative estimate of drug-likeness (QED) is 0.300.